The number of hydrogen-bond donors (Lipinski definition) is 1. The summed E-state index contributed by atoms with van der Waals surface area (Å²) in [5.74, 6) is 0. The molecule has 134 valence electrons. The fourth-order valence-corrected chi connectivity index (χ4v) is 4.48. The van der Waals surface area contributed by atoms with Gasteiger partial charge in [-0.2, -0.15) is 0 Å². The molecule has 0 unspecified atom stereocenters. The van der Waals surface area contributed by atoms with E-state index in [4.69, 9.17) is 4.74 Å². The van der Waals surface area contributed by atoms with Gasteiger partial charge in [0.2, 0.25) is 0 Å². The summed E-state index contributed by atoms with van der Waals surface area (Å²) in [6, 6.07) is 22.7. The Morgan fingerprint density at radius 2 is 1.40 bits per heavy atom. The average molecular weight is 338 g/mol. The first kappa shape index (κ1) is 18.1. The molecule has 25 heavy (non-hydrogen) atoms. The molecule has 0 atom stereocenters. The van der Waals surface area contributed by atoms with Crippen LogP contribution in [-0.4, -0.2) is 36.2 Å². The highest BCUT2D eigenvalue weighted by Crippen LogP contribution is 2.37. The second-order valence-corrected chi connectivity index (χ2v) is 7.39. The summed E-state index contributed by atoms with van der Waals surface area (Å²) >= 11 is 0. The van der Waals surface area contributed by atoms with Crippen LogP contribution in [0.25, 0.3) is 0 Å². The summed E-state index contributed by atoms with van der Waals surface area (Å²) in [6.07, 6.45) is 6.22. The zero-order valence-corrected chi connectivity index (χ0v) is 15.1. The van der Waals surface area contributed by atoms with Crippen molar-refractivity contribution in [2.24, 2.45) is 0 Å². The number of benzene rings is 2. The molecule has 2 saturated heterocycles. The highest BCUT2D eigenvalue weighted by atomic mass is 16.5. The Bertz CT molecular complexity index is 598. The quantitative estimate of drug-likeness (QED) is 0.886. The smallest absolute Gasteiger partial charge is 0.0645 e. The van der Waals surface area contributed by atoms with Gasteiger partial charge in [-0.3, -0.25) is 4.90 Å². The highest BCUT2D eigenvalue weighted by molar-refractivity contribution is 5.24. The van der Waals surface area contributed by atoms with Crippen LogP contribution in [-0.2, 0) is 17.6 Å². The van der Waals surface area contributed by atoms with Crippen LogP contribution >= 0.6 is 0 Å². The first-order valence-electron chi connectivity index (χ1n) is 9.28. The van der Waals surface area contributed by atoms with Crippen molar-refractivity contribution in [1.82, 2.24) is 11.1 Å². The van der Waals surface area contributed by atoms with Crippen molar-refractivity contribution < 1.29 is 4.74 Å². The standard InChI is InChI=1S/C22H27NO.H3N/c1-3-9-19(10-4-1)15-22(16-20-11-5-2-6-12-20)13-7-8-14-23(22)21-17-24-18-21;/h1-6,9-12,21H,7-8,13-18H2;1H3. The molecular formula is C22H30N2O. The molecule has 3 nitrogen and oxygen atoms in total. The third-order valence-electron chi connectivity index (χ3n) is 5.71. The molecule has 0 aliphatic carbocycles. The molecule has 2 aliphatic rings. The Kier molecular flexibility index (Phi) is 5.89. The largest absolute Gasteiger partial charge is 0.378 e. The number of ether oxygens (including phenoxy) is 1. The molecule has 3 N–H and O–H groups in total. The molecule has 3 heteroatoms. The summed E-state index contributed by atoms with van der Waals surface area (Å²) in [5, 5.41) is 0. The maximum absolute atomic E-state index is 5.54. The monoisotopic (exact) mass is 338 g/mol. The number of piperidine rings is 1. The minimum Gasteiger partial charge on any atom is -0.378 e. The third-order valence-corrected chi connectivity index (χ3v) is 5.71. The minimum absolute atomic E-state index is 0. The number of rotatable bonds is 5. The van der Waals surface area contributed by atoms with Crippen molar-refractivity contribution in [3.63, 3.8) is 0 Å². The van der Waals surface area contributed by atoms with E-state index in [2.05, 4.69) is 65.6 Å². The van der Waals surface area contributed by atoms with Gasteiger partial charge in [0.25, 0.3) is 0 Å². The van der Waals surface area contributed by atoms with Crippen molar-refractivity contribution >= 4 is 0 Å². The van der Waals surface area contributed by atoms with E-state index in [1.54, 1.807) is 0 Å². The van der Waals surface area contributed by atoms with Crippen molar-refractivity contribution in [2.75, 3.05) is 19.8 Å². The average Bonchev–Trinajstić information content (AvgIpc) is 2.57. The maximum Gasteiger partial charge on any atom is 0.0645 e. The lowest BCUT2D eigenvalue weighted by molar-refractivity contribution is -0.117. The van der Waals surface area contributed by atoms with E-state index in [1.807, 2.05) is 0 Å². The highest BCUT2D eigenvalue weighted by Gasteiger charge is 2.44. The molecule has 2 aromatic carbocycles. The van der Waals surface area contributed by atoms with Gasteiger partial charge in [-0.05, 0) is 43.4 Å². The predicted molar refractivity (Wildman–Crippen MR) is 103 cm³/mol. The Morgan fingerprint density at radius 3 is 1.88 bits per heavy atom. The molecule has 2 aliphatic heterocycles. The normalized spacial score (nSPS) is 20.5. The fraction of sp³-hybridized carbons (Fsp3) is 0.455. The topological polar surface area (TPSA) is 47.5 Å². The molecule has 0 bridgehead atoms. The molecule has 2 aromatic rings. The fourth-order valence-electron chi connectivity index (χ4n) is 4.48. The van der Waals surface area contributed by atoms with Crippen molar-refractivity contribution in [1.29, 1.82) is 0 Å². The van der Waals surface area contributed by atoms with Crippen molar-refractivity contribution in [2.45, 2.75) is 43.7 Å². The molecule has 0 spiro atoms. The Balaban J connectivity index is 0.00000182. The van der Waals surface area contributed by atoms with Gasteiger partial charge in [-0.25, -0.2) is 0 Å². The lowest BCUT2D eigenvalue weighted by Crippen LogP contribution is -2.63. The number of likely N-dealkylation sites (tertiary alicyclic amines) is 1. The van der Waals surface area contributed by atoms with Crippen LogP contribution in [0.2, 0.25) is 0 Å². The molecule has 0 aromatic heterocycles. The molecule has 0 amide bonds. The number of nitrogens with zero attached hydrogens (tertiary/aromatic N) is 1. The third kappa shape index (κ3) is 3.95. The molecule has 4 rings (SSSR count). The van der Waals surface area contributed by atoms with Crippen LogP contribution in [0.5, 0.6) is 0 Å². The molecule has 0 radical (unpaired) electrons. The van der Waals surface area contributed by atoms with Crippen molar-refractivity contribution in [3.05, 3.63) is 71.8 Å². The van der Waals surface area contributed by atoms with E-state index in [0.29, 0.717) is 6.04 Å². The zero-order chi connectivity index (χ0) is 16.2. The lowest BCUT2D eigenvalue weighted by Gasteiger charge is -2.53. The van der Waals surface area contributed by atoms with E-state index in [0.717, 1.165) is 26.1 Å². The van der Waals surface area contributed by atoms with Crippen LogP contribution < -0.4 is 6.15 Å². The van der Waals surface area contributed by atoms with E-state index in [-0.39, 0.29) is 11.7 Å². The van der Waals surface area contributed by atoms with Gasteiger partial charge < -0.3 is 10.9 Å². The summed E-state index contributed by atoms with van der Waals surface area (Å²) in [4.78, 5) is 2.79. The molecule has 0 saturated carbocycles. The van der Waals surface area contributed by atoms with Crippen LogP contribution in [0.3, 0.4) is 0 Å². The Morgan fingerprint density at radius 1 is 0.840 bits per heavy atom. The second-order valence-electron chi connectivity index (χ2n) is 7.39. The number of hydrogen-bond acceptors (Lipinski definition) is 3. The van der Waals surface area contributed by atoms with Crippen LogP contribution in [0.15, 0.2) is 60.7 Å². The van der Waals surface area contributed by atoms with Crippen LogP contribution in [0, 0.1) is 0 Å². The summed E-state index contributed by atoms with van der Waals surface area (Å²) < 4.78 is 5.54. The first-order valence-corrected chi connectivity index (χ1v) is 9.28. The van der Waals surface area contributed by atoms with Gasteiger partial charge in [0.1, 0.15) is 0 Å². The van der Waals surface area contributed by atoms with Crippen molar-refractivity contribution in [3.8, 4) is 0 Å². The van der Waals surface area contributed by atoms with Gasteiger partial charge >= 0.3 is 0 Å². The summed E-state index contributed by atoms with van der Waals surface area (Å²) in [7, 11) is 0. The van der Waals surface area contributed by atoms with E-state index < -0.39 is 0 Å². The Hall–Kier alpha value is -1.68. The summed E-state index contributed by atoms with van der Waals surface area (Å²) in [6.45, 7) is 3.03. The Labute approximate surface area is 151 Å². The predicted octanol–water partition coefficient (Wildman–Crippen LogP) is 4.26. The SMILES string of the molecule is N.c1ccc(CC2(Cc3ccccc3)CCCCN2C2COC2)cc1. The first-order chi connectivity index (χ1) is 11.9. The van der Waals surface area contributed by atoms with E-state index in [1.165, 1.54) is 36.9 Å². The van der Waals surface area contributed by atoms with Gasteiger partial charge in [0.05, 0.1) is 19.3 Å². The molecule has 2 fully saturated rings. The van der Waals surface area contributed by atoms with E-state index >= 15 is 0 Å². The van der Waals surface area contributed by atoms with Crippen LogP contribution in [0.1, 0.15) is 30.4 Å². The zero-order valence-electron chi connectivity index (χ0n) is 15.1. The van der Waals surface area contributed by atoms with E-state index in [9.17, 15) is 0 Å². The van der Waals surface area contributed by atoms with Gasteiger partial charge in [-0.15, -0.1) is 0 Å². The van der Waals surface area contributed by atoms with Gasteiger partial charge in [-0.1, -0.05) is 67.1 Å². The minimum atomic E-state index is 0. The molecular weight excluding hydrogens is 308 g/mol. The second kappa shape index (κ2) is 8.13. The maximum atomic E-state index is 5.54. The van der Waals surface area contributed by atoms with Gasteiger partial charge in [0, 0.05) is 5.54 Å². The lowest BCUT2D eigenvalue weighted by atomic mass is 9.76. The van der Waals surface area contributed by atoms with Crippen LogP contribution in [0.4, 0.5) is 0 Å². The van der Waals surface area contributed by atoms with Gasteiger partial charge in [0.15, 0.2) is 0 Å². The summed E-state index contributed by atoms with van der Waals surface area (Å²) in [5.41, 5.74) is 3.15. The molecule has 2 heterocycles.